The molecule has 1 aromatic carbocycles. The molecule has 0 bridgehead atoms. The van der Waals surface area contributed by atoms with Crippen molar-refractivity contribution in [2.24, 2.45) is 0 Å². The van der Waals surface area contributed by atoms with Crippen molar-refractivity contribution in [1.82, 2.24) is 0 Å². The van der Waals surface area contributed by atoms with E-state index < -0.39 is 0 Å². The third-order valence-corrected chi connectivity index (χ3v) is 2.51. The summed E-state index contributed by atoms with van der Waals surface area (Å²) in [4.78, 5) is 0. The maximum absolute atomic E-state index is 12.9. The molecule has 0 aromatic heterocycles. The number of rotatable bonds is 5. The van der Waals surface area contributed by atoms with E-state index in [-0.39, 0.29) is 11.9 Å². The lowest BCUT2D eigenvalue weighted by Gasteiger charge is -2.15. The molecular weight excluding hydrogens is 261 g/mol. The van der Waals surface area contributed by atoms with E-state index in [1.807, 2.05) is 13.8 Å². The Morgan fingerprint density at radius 1 is 1.53 bits per heavy atom. The topological polar surface area (TPSA) is 21.3 Å². The average molecular weight is 276 g/mol. The lowest BCUT2D eigenvalue weighted by atomic mass is 10.2. The molecule has 0 heterocycles. The maximum Gasteiger partial charge on any atom is 0.137 e. The van der Waals surface area contributed by atoms with Gasteiger partial charge in [0.05, 0.1) is 11.1 Å². The Hall–Kier alpha value is -0.610. The highest BCUT2D eigenvalue weighted by Gasteiger charge is 2.04. The van der Waals surface area contributed by atoms with Crippen LogP contribution in [0.3, 0.4) is 0 Å². The second-order valence-electron chi connectivity index (χ2n) is 3.33. The van der Waals surface area contributed by atoms with Crippen LogP contribution in [0.4, 0.5) is 10.1 Å². The Morgan fingerprint density at radius 2 is 2.27 bits per heavy atom. The summed E-state index contributed by atoms with van der Waals surface area (Å²) in [6.07, 6.45) is 0. The molecule has 1 atom stereocenters. The lowest BCUT2D eigenvalue weighted by Crippen LogP contribution is -2.21. The van der Waals surface area contributed by atoms with Crippen molar-refractivity contribution < 1.29 is 9.13 Å². The highest BCUT2D eigenvalue weighted by molar-refractivity contribution is 9.10. The molecule has 0 saturated heterocycles. The number of nitrogens with one attached hydrogen (secondary N) is 1. The van der Waals surface area contributed by atoms with E-state index in [9.17, 15) is 4.39 Å². The van der Waals surface area contributed by atoms with Crippen molar-refractivity contribution in [3.63, 3.8) is 0 Å². The quantitative estimate of drug-likeness (QED) is 0.889. The maximum atomic E-state index is 12.9. The highest BCUT2D eigenvalue weighted by atomic mass is 79.9. The molecular formula is C11H15BrFNO. The zero-order chi connectivity index (χ0) is 11.3. The molecule has 1 N–H and O–H groups in total. The van der Waals surface area contributed by atoms with Gasteiger partial charge in [-0.3, -0.25) is 0 Å². The predicted molar refractivity (Wildman–Crippen MR) is 63.7 cm³/mol. The number of hydrogen-bond acceptors (Lipinski definition) is 2. The van der Waals surface area contributed by atoms with Crippen molar-refractivity contribution in [1.29, 1.82) is 0 Å². The first-order chi connectivity index (χ1) is 7.13. The normalized spacial score (nSPS) is 12.5. The van der Waals surface area contributed by atoms with Crippen LogP contribution >= 0.6 is 15.9 Å². The summed E-state index contributed by atoms with van der Waals surface area (Å²) in [7, 11) is 0. The number of hydrogen-bond donors (Lipinski definition) is 1. The number of ether oxygens (including phenoxy) is 1. The van der Waals surface area contributed by atoms with Crippen LogP contribution in [0, 0.1) is 5.82 Å². The number of benzene rings is 1. The van der Waals surface area contributed by atoms with Crippen LogP contribution in [0.25, 0.3) is 0 Å². The fourth-order valence-corrected chi connectivity index (χ4v) is 1.59. The second-order valence-corrected chi connectivity index (χ2v) is 4.19. The first-order valence-corrected chi connectivity index (χ1v) is 5.72. The van der Waals surface area contributed by atoms with E-state index in [0.29, 0.717) is 17.7 Å². The molecule has 2 nitrogen and oxygen atoms in total. The minimum Gasteiger partial charge on any atom is -0.380 e. The van der Waals surface area contributed by atoms with Crippen LogP contribution < -0.4 is 5.32 Å². The molecule has 84 valence electrons. The van der Waals surface area contributed by atoms with Crippen LogP contribution in [0.2, 0.25) is 0 Å². The van der Waals surface area contributed by atoms with Crippen LogP contribution in [0.5, 0.6) is 0 Å². The van der Waals surface area contributed by atoms with Crippen molar-refractivity contribution in [3.05, 3.63) is 28.5 Å². The van der Waals surface area contributed by atoms with Gasteiger partial charge in [-0.25, -0.2) is 4.39 Å². The zero-order valence-electron chi connectivity index (χ0n) is 8.89. The second kappa shape index (κ2) is 6.08. The first kappa shape index (κ1) is 12.5. The Morgan fingerprint density at radius 3 is 2.87 bits per heavy atom. The molecule has 0 saturated carbocycles. The van der Waals surface area contributed by atoms with E-state index in [4.69, 9.17) is 4.74 Å². The van der Waals surface area contributed by atoms with Crippen molar-refractivity contribution in [2.75, 3.05) is 18.5 Å². The molecule has 0 aliphatic heterocycles. The monoisotopic (exact) mass is 275 g/mol. The Labute approximate surface area is 98.0 Å². The Balaban J connectivity index is 2.53. The van der Waals surface area contributed by atoms with Gasteiger partial charge in [0.25, 0.3) is 0 Å². The molecule has 0 fully saturated rings. The first-order valence-electron chi connectivity index (χ1n) is 4.92. The van der Waals surface area contributed by atoms with Gasteiger partial charge < -0.3 is 10.1 Å². The fraction of sp³-hybridized carbons (Fsp3) is 0.455. The summed E-state index contributed by atoms with van der Waals surface area (Å²) < 4.78 is 18.7. The molecule has 4 heteroatoms. The van der Waals surface area contributed by atoms with Crippen LogP contribution in [-0.4, -0.2) is 19.3 Å². The third-order valence-electron chi connectivity index (χ3n) is 1.90. The van der Waals surface area contributed by atoms with Gasteiger partial charge in [-0.2, -0.15) is 0 Å². The molecule has 0 amide bonds. The molecule has 0 radical (unpaired) electrons. The summed E-state index contributed by atoms with van der Waals surface area (Å²) in [5, 5.41) is 3.22. The van der Waals surface area contributed by atoms with Crippen LogP contribution in [0.15, 0.2) is 22.7 Å². The van der Waals surface area contributed by atoms with Crippen molar-refractivity contribution in [2.45, 2.75) is 19.9 Å². The van der Waals surface area contributed by atoms with Gasteiger partial charge in [-0.15, -0.1) is 0 Å². The van der Waals surface area contributed by atoms with E-state index >= 15 is 0 Å². The summed E-state index contributed by atoms with van der Waals surface area (Å²) >= 11 is 3.14. The van der Waals surface area contributed by atoms with E-state index in [1.165, 1.54) is 6.07 Å². The van der Waals surface area contributed by atoms with Crippen molar-refractivity contribution in [3.8, 4) is 0 Å². The highest BCUT2D eigenvalue weighted by Crippen LogP contribution is 2.20. The van der Waals surface area contributed by atoms with Gasteiger partial charge in [-0.1, -0.05) is 0 Å². The Kier molecular flexibility index (Phi) is 5.05. The summed E-state index contributed by atoms with van der Waals surface area (Å²) in [6.45, 7) is 5.33. The summed E-state index contributed by atoms with van der Waals surface area (Å²) in [5.74, 6) is -0.252. The Bertz CT molecular complexity index is 319. The summed E-state index contributed by atoms with van der Waals surface area (Å²) in [5.41, 5.74) is 0.885. The predicted octanol–water partition coefficient (Wildman–Crippen LogP) is 3.43. The summed E-state index contributed by atoms with van der Waals surface area (Å²) in [6, 6.07) is 5.07. The third kappa shape index (κ3) is 4.18. The average Bonchev–Trinajstić information content (AvgIpc) is 2.20. The van der Waals surface area contributed by atoms with E-state index in [2.05, 4.69) is 21.2 Å². The SMILES string of the molecule is CCOCC(C)Nc1ccc(F)c(Br)c1. The molecule has 1 rings (SSSR count). The largest absolute Gasteiger partial charge is 0.380 e. The van der Waals surface area contributed by atoms with Crippen LogP contribution in [0.1, 0.15) is 13.8 Å². The zero-order valence-corrected chi connectivity index (χ0v) is 10.5. The van der Waals surface area contributed by atoms with Gasteiger partial charge in [0, 0.05) is 18.3 Å². The van der Waals surface area contributed by atoms with Crippen molar-refractivity contribution >= 4 is 21.6 Å². The van der Waals surface area contributed by atoms with Crippen LogP contribution in [-0.2, 0) is 4.74 Å². The molecule has 1 unspecified atom stereocenters. The van der Waals surface area contributed by atoms with E-state index in [1.54, 1.807) is 12.1 Å². The lowest BCUT2D eigenvalue weighted by molar-refractivity contribution is 0.141. The van der Waals surface area contributed by atoms with E-state index in [0.717, 1.165) is 5.69 Å². The minimum absolute atomic E-state index is 0.210. The van der Waals surface area contributed by atoms with Gasteiger partial charge in [0.15, 0.2) is 0 Å². The van der Waals surface area contributed by atoms with Gasteiger partial charge >= 0.3 is 0 Å². The van der Waals surface area contributed by atoms with Gasteiger partial charge in [0.1, 0.15) is 5.82 Å². The molecule has 0 aliphatic rings. The molecule has 0 aliphatic carbocycles. The molecule has 1 aromatic rings. The minimum atomic E-state index is -0.252. The van der Waals surface area contributed by atoms with Gasteiger partial charge in [-0.05, 0) is 48.0 Å². The molecule has 15 heavy (non-hydrogen) atoms. The number of anilines is 1. The number of halogens is 2. The standard InChI is InChI=1S/C11H15BrFNO/c1-3-15-7-8(2)14-9-4-5-11(13)10(12)6-9/h4-6,8,14H,3,7H2,1-2H3. The smallest absolute Gasteiger partial charge is 0.137 e. The molecule has 0 spiro atoms. The van der Waals surface area contributed by atoms with Gasteiger partial charge in [0.2, 0.25) is 0 Å². The fourth-order valence-electron chi connectivity index (χ4n) is 1.21.